The number of piperazine rings is 1. The molecule has 0 amide bonds. The molecule has 1 aliphatic heterocycles. The van der Waals surface area contributed by atoms with Crippen LogP contribution in [0.4, 0.5) is 0 Å². The third-order valence-electron chi connectivity index (χ3n) is 2.37. The van der Waals surface area contributed by atoms with E-state index >= 15 is 0 Å². The monoisotopic (exact) mass is 158 g/mol. The molecule has 11 heavy (non-hydrogen) atoms. The summed E-state index contributed by atoms with van der Waals surface area (Å²) in [5.74, 6) is 0. The highest BCUT2D eigenvalue weighted by Crippen LogP contribution is 2.07. The number of nitrogens with zero attached hydrogens (tertiary/aromatic N) is 1. The molecule has 0 radical (unpaired) electrons. The van der Waals surface area contributed by atoms with Gasteiger partial charge in [0.15, 0.2) is 0 Å². The van der Waals surface area contributed by atoms with Crippen LogP contribution in [0.15, 0.2) is 0 Å². The minimum Gasteiger partial charge on any atom is -0.395 e. The van der Waals surface area contributed by atoms with Crippen molar-refractivity contribution in [1.82, 2.24) is 10.2 Å². The normalized spacial score (nSPS) is 34.1. The molecule has 2 atom stereocenters. The lowest BCUT2D eigenvalue weighted by atomic mass is 10.1. The van der Waals surface area contributed by atoms with Crippen molar-refractivity contribution < 1.29 is 5.11 Å². The van der Waals surface area contributed by atoms with Crippen LogP contribution in [0.5, 0.6) is 0 Å². The molecule has 1 aliphatic rings. The van der Waals surface area contributed by atoms with Crippen LogP contribution in [0, 0.1) is 0 Å². The predicted molar refractivity (Wildman–Crippen MR) is 45.6 cm³/mol. The van der Waals surface area contributed by atoms with Crippen LogP contribution in [-0.4, -0.2) is 48.3 Å². The Labute approximate surface area is 68.4 Å². The van der Waals surface area contributed by atoms with Crippen molar-refractivity contribution in [1.29, 1.82) is 0 Å². The molecule has 0 aromatic carbocycles. The zero-order chi connectivity index (χ0) is 8.27. The van der Waals surface area contributed by atoms with E-state index in [1.807, 2.05) is 0 Å². The summed E-state index contributed by atoms with van der Waals surface area (Å²) < 4.78 is 0. The Hall–Kier alpha value is -0.120. The first-order valence-corrected chi connectivity index (χ1v) is 4.33. The fourth-order valence-corrected chi connectivity index (χ4v) is 1.73. The van der Waals surface area contributed by atoms with Crippen molar-refractivity contribution in [2.45, 2.75) is 25.9 Å². The topological polar surface area (TPSA) is 35.5 Å². The Bertz CT molecular complexity index is 109. The van der Waals surface area contributed by atoms with Gasteiger partial charge in [0.2, 0.25) is 0 Å². The molecule has 0 aromatic rings. The minimum atomic E-state index is 0.272. The van der Waals surface area contributed by atoms with Gasteiger partial charge in [0.05, 0.1) is 6.61 Å². The number of rotatable bonds is 2. The van der Waals surface area contributed by atoms with Crippen LogP contribution < -0.4 is 5.32 Å². The standard InChI is InChI=1S/C8H18N2O/c1-7-5-9-6-8(2)10(7)3-4-11/h7-9,11H,3-6H2,1-2H3. The summed E-state index contributed by atoms with van der Waals surface area (Å²) in [7, 11) is 0. The summed E-state index contributed by atoms with van der Waals surface area (Å²) in [6.07, 6.45) is 0. The van der Waals surface area contributed by atoms with E-state index in [1.165, 1.54) is 0 Å². The molecule has 0 bridgehead atoms. The number of hydrogen-bond donors (Lipinski definition) is 2. The third-order valence-corrected chi connectivity index (χ3v) is 2.37. The van der Waals surface area contributed by atoms with Gasteiger partial charge >= 0.3 is 0 Å². The van der Waals surface area contributed by atoms with Crippen molar-refractivity contribution in [3.8, 4) is 0 Å². The maximum absolute atomic E-state index is 8.79. The Kier molecular flexibility index (Phi) is 3.30. The molecule has 3 nitrogen and oxygen atoms in total. The first-order valence-electron chi connectivity index (χ1n) is 4.33. The molecule has 0 spiro atoms. The van der Waals surface area contributed by atoms with Gasteiger partial charge in [0.1, 0.15) is 0 Å². The summed E-state index contributed by atoms with van der Waals surface area (Å²) in [5.41, 5.74) is 0. The highest BCUT2D eigenvalue weighted by atomic mass is 16.3. The third kappa shape index (κ3) is 2.15. The summed E-state index contributed by atoms with van der Waals surface area (Å²) in [5, 5.41) is 12.1. The van der Waals surface area contributed by atoms with Gasteiger partial charge in [0.25, 0.3) is 0 Å². The van der Waals surface area contributed by atoms with Crippen LogP contribution in [0.3, 0.4) is 0 Å². The summed E-state index contributed by atoms with van der Waals surface area (Å²) >= 11 is 0. The van der Waals surface area contributed by atoms with Crippen molar-refractivity contribution in [3.05, 3.63) is 0 Å². The summed E-state index contributed by atoms with van der Waals surface area (Å²) in [4.78, 5) is 2.34. The van der Waals surface area contributed by atoms with Gasteiger partial charge in [-0.3, -0.25) is 4.90 Å². The Morgan fingerprint density at radius 3 is 2.36 bits per heavy atom. The lowest BCUT2D eigenvalue weighted by Gasteiger charge is -2.38. The molecule has 1 fully saturated rings. The van der Waals surface area contributed by atoms with Gasteiger partial charge in [0, 0.05) is 31.7 Å². The first kappa shape index (κ1) is 8.97. The van der Waals surface area contributed by atoms with Crippen LogP contribution in [0.1, 0.15) is 13.8 Å². The van der Waals surface area contributed by atoms with E-state index in [-0.39, 0.29) is 6.61 Å². The zero-order valence-corrected chi connectivity index (χ0v) is 7.38. The van der Waals surface area contributed by atoms with Crippen molar-refractivity contribution in [2.75, 3.05) is 26.2 Å². The van der Waals surface area contributed by atoms with Crippen molar-refractivity contribution in [2.24, 2.45) is 0 Å². The second kappa shape index (κ2) is 4.04. The maximum Gasteiger partial charge on any atom is 0.0558 e. The fraction of sp³-hybridized carbons (Fsp3) is 1.00. The van der Waals surface area contributed by atoms with E-state index in [0.717, 1.165) is 19.6 Å². The molecular formula is C8H18N2O. The molecular weight excluding hydrogens is 140 g/mol. The largest absolute Gasteiger partial charge is 0.395 e. The van der Waals surface area contributed by atoms with Crippen LogP contribution in [0.2, 0.25) is 0 Å². The average Bonchev–Trinajstić information content (AvgIpc) is 1.97. The molecule has 1 saturated heterocycles. The van der Waals surface area contributed by atoms with E-state index in [1.54, 1.807) is 0 Å². The van der Waals surface area contributed by atoms with Gasteiger partial charge in [-0.25, -0.2) is 0 Å². The van der Waals surface area contributed by atoms with Crippen LogP contribution in [-0.2, 0) is 0 Å². The molecule has 1 heterocycles. The first-order chi connectivity index (χ1) is 5.25. The zero-order valence-electron chi connectivity index (χ0n) is 7.38. The quantitative estimate of drug-likeness (QED) is 0.577. The molecule has 0 saturated carbocycles. The number of nitrogens with one attached hydrogen (secondary N) is 1. The average molecular weight is 158 g/mol. The van der Waals surface area contributed by atoms with E-state index in [0.29, 0.717) is 12.1 Å². The number of β-amino-alcohol motifs (C(OH)–C–C–N with tert-alkyl or cyclic N) is 1. The summed E-state index contributed by atoms with van der Waals surface area (Å²) in [6.45, 7) is 7.56. The molecule has 2 unspecified atom stereocenters. The van der Waals surface area contributed by atoms with Crippen LogP contribution in [0.25, 0.3) is 0 Å². The van der Waals surface area contributed by atoms with E-state index in [9.17, 15) is 0 Å². The number of aliphatic hydroxyl groups is 1. The highest BCUT2D eigenvalue weighted by molar-refractivity contribution is 4.81. The second-order valence-corrected chi connectivity index (χ2v) is 3.32. The Morgan fingerprint density at radius 1 is 1.36 bits per heavy atom. The van der Waals surface area contributed by atoms with Gasteiger partial charge in [-0.2, -0.15) is 0 Å². The van der Waals surface area contributed by atoms with E-state index < -0.39 is 0 Å². The molecule has 0 aliphatic carbocycles. The molecule has 1 rings (SSSR count). The smallest absolute Gasteiger partial charge is 0.0558 e. The van der Waals surface area contributed by atoms with Crippen molar-refractivity contribution in [3.63, 3.8) is 0 Å². The lowest BCUT2D eigenvalue weighted by molar-refractivity contribution is 0.0914. The predicted octanol–water partition coefficient (Wildman–Crippen LogP) is -0.339. The Balaban J connectivity index is 2.41. The minimum absolute atomic E-state index is 0.272. The molecule has 2 N–H and O–H groups in total. The van der Waals surface area contributed by atoms with Gasteiger partial charge in [-0.1, -0.05) is 0 Å². The summed E-state index contributed by atoms with van der Waals surface area (Å²) in [6, 6.07) is 1.12. The molecule has 66 valence electrons. The SMILES string of the molecule is CC1CNCC(C)N1CCO. The van der Waals surface area contributed by atoms with Gasteiger partial charge < -0.3 is 10.4 Å². The van der Waals surface area contributed by atoms with Crippen LogP contribution >= 0.6 is 0 Å². The lowest BCUT2D eigenvalue weighted by Crippen LogP contribution is -2.55. The number of hydrogen-bond acceptors (Lipinski definition) is 3. The van der Waals surface area contributed by atoms with Crippen molar-refractivity contribution >= 4 is 0 Å². The molecule has 0 aromatic heterocycles. The second-order valence-electron chi connectivity index (χ2n) is 3.32. The Morgan fingerprint density at radius 2 is 1.91 bits per heavy atom. The molecule has 3 heteroatoms. The highest BCUT2D eigenvalue weighted by Gasteiger charge is 2.22. The van der Waals surface area contributed by atoms with Gasteiger partial charge in [-0.15, -0.1) is 0 Å². The van der Waals surface area contributed by atoms with Gasteiger partial charge in [-0.05, 0) is 13.8 Å². The fourth-order valence-electron chi connectivity index (χ4n) is 1.73. The van der Waals surface area contributed by atoms with E-state index in [2.05, 4.69) is 24.1 Å². The maximum atomic E-state index is 8.79. The number of aliphatic hydroxyl groups excluding tert-OH is 1. The van der Waals surface area contributed by atoms with E-state index in [4.69, 9.17) is 5.11 Å².